The van der Waals surface area contributed by atoms with Crippen LogP contribution in [0.4, 0.5) is 0 Å². The summed E-state index contributed by atoms with van der Waals surface area (Å²) in [6.07, 6.45) is 4.95. The molecule has 0 radical (unpaired) electrons. The fourth-order valence-corrected chi connectivity index (χ4v) is 3.87. The van der Waals surface area contributed by atoms with Crippen LogP contribution in [0.5, 0.6) is 5.75 Å². The summed E-state index contributed by atoms with van der Waals surface area (Å²) in [4.78, 5) is 24.9. The van der Waals surface area contributed by atoms with Crippen LogP contribution in [0, 0.1) is 0 Å². The lowest BCUT2D eigenvalue weighted by atomic mass is 10.2. The molecular weight excluding hydrogens is 394 g/mol. The standard InChI is InChI=1S/C24H21N3O2S/c1-29-23-11-5-2-7-18(23)16-27(17-20-8-6-14-30-20)24(28)13-12-19-15-25-21-9-3-4-10-22(21)26-19/h2-15H,16-17H2,1H3/b13-12+. The van der Waals surface area contributed by atoms with Gasteiger partial charge in [0, 0.05) is 23.1 Å². The van der Waals surface area contributed by atoms with Crippen LogP contribution in [0.15, 0.2) is 78.3 Å². The highest BCUT2D eigenvalue weighted by Gasteiger charge is 2.15. The van der Waals surface area contributed by atoms with E-state index in [1.54, 1.807) is 41.7 Å². The number of thiophene rings is 1. The minimum Gasteiger partial charge on any atom is -0.496 e. The quantitative estimate of drug-likeness (QED) is 0.401. The molecule has 4 rings (SSSR count). The molecule has 2 aromatic carbocycles. The molecule has 0 fully saturated rings. The highest BCUT2D eigenvalue weighted by molar-refractivity contribution is 7.09. The van der Waals surface area contributed by atoms with Crippen LogP contribution in [-0.4, -0.2) is 27.9 Å². The first-order valence-electron chi connectivity index (χ1n) is 9.56. The SMILES string of the molecule is COc1ccccc1CN(Cc1cccs1)C(=O)/C=C/c1cnc2ccccc2n1. The van der Waals surface area contributed by atoms with E-state index in [2.05, 4.69) is 9.97 Å². The molecule has 6 heteroatoms. The highest BCUT2D eigenvalue weighted by atomic mass is 32.1. The van der Waals surface area contributed by atoms with Crippen molar-refractivity contribution in [1.29, 1.82) is 0 Å². The van der Waals surface area contributed by atoms with Gasteiger partial charge in [0.15, 0.2) is 0 Å². The average molecular weight is 416 g/mol. The lowest BCUT2D eigenvalue weighted by molar-refractivity contribution is -0.127. The third-order valence-electron chi connectivity index (χ3n) is 4.66. The van der Waals surface area contributed by atoms with Gasteiger partial charge in [-0.05, 0) is 35.7 Å². The van der Waals surface area contributed by atoms with E-state index in [4.69, 9.17) is 4.74 Å². The van der Waals surface area contributed by atoms with Gasteiger partial charge in [-0.3, -0.25) is 9.78 Å². The number of hydrogen-bond donors (Lipinski definition) is 0. The lowest BCUT2D eigenvalue weighted by Gasteiger charge is -2.22. The van der Waals surface area contributed by atoms with Gasteiger partial charge in [0.25, 0.3) is 0 Å². The van der Waals surface area contributed by atoms with Gasteiger partial charge in [0.2, 0.25) is 5.91 Å². The summed E-state index contributed by atoms with van der Waals surface area (Å²) < 4.78 is 5.46. The number of hydrogen-bond acceptors (Lipinski definition) is 5. The predicted molar refractivity (Wildman–Crippen MR) is 120 cm³/mol. The van der Waals surface area contributed by atoms with E-state index in [0.717, 1.165) is 27.2 Å². The zero-order chi connectivity index (χ0) is 20.8. The Hall–Kier alpha value is -3.51. The van der Waals surface area contributed by atoms with Crippen LogP contribution in [-0.2, 0) is 17.9 Å². The third-order valence-corrected chi connectivity index (χ3v) is 5.52. The first kappa shape index (κ1) is 19.8. The number of para-hydroxylation sites is 3. The fraction of sp³-hybridized carbons (Fsp3) is 0.125. The Balaban J connectivity index is 1.56. The van der Waals surface area contributed by atoms with Crippen molar-refractivity contribution in [2.75, 3.05) is 7.11 Å². The topological polar surface area (TPSA) is 55.3 Å². The van der Waals surface area contributed by atoms with E-state index in [0.29, 0.717) is 18.8 Å². The largest absolute Gasteiger partial charge is 0.496 e. The van der Waals surface area contributed by atoms with E-state index in [1.165, 1.54) is 0 Å². The van der Waals surface area contributed by atoms with Crippen molar-refractivity contribution in [2.45, 2.75) is 13.1 Å². The van der Waals surface area contributed by atoms with Crippen LogP contribution in [0.2, 0.25) is 0 Å². The Morgan fingerprint density at radius 3 is 2.63 bits per heavy atom. The molecule has 1 amide bonds. The molecule has 4 aromatic rings. The molecular formula is C24H21N3O2S. The van der Waals surface area contributed by atoms with Gasteiger partial charge < -0.3 is 9.64 Å². The monoisotopic (exact) mass is 415 g/mol. The van der Waals surface area contributed by atoms with Gasteiger partial charge >= 0.3 is 0 Å². The number of methoxy groups -OCH3 is 1. The lowest BCUT2D eigenvalue weighted by Crippen LogP contribution is -2.28. The van der Waals surface area contributed by atoms with Gasteiger partial charge in [0.05, 0.1) is 36.6 Å². The molecule has 0 aliphatic carbocycles. The Morgan fingerprint density at radius 1 is 1.03 bits per heavy atom. The Morgan fingerprint density at radius 2 is 1.83 bits per heavy atom. The van der Waals surface area contributed by atoms with E-state index in [1.807, 2.05) is 66.0 Å². The van der Waals surface area contributed by atoms with Crippen molar-refractivity contribution in [3.05, 3.63) is 94.5 Å². The second-order valence-corrected chi connectivity index (χ2v) is 7.73. The van der Waals surface area contributed by atoms with Crippen LogP contribution < -0.4 is 4.74 Å². The van der Waals surface area contributed by atoms with Crippen molar-refractivity contribution < 1.29 is 9.53 Å². The van der Waals surface area contributed by atoms with Crippen molar-refractivity contribution in [3.8, 4) is 5.75 Å². The second-order valence-electron chi connectivity index (χ2n) is 6.70. The van der Waals surface area contributed by atoms with Crippen LogP contribution in [0.1, 0.15) is 16.1 Å². The van der Waals surface area contributed by atoms with Crippen LogP contribution >= 0.6 is 11.3 Å². The van der Waals surface area contributed by atoms with Gasteiger partial charge in [-0.1, -0.05) is 36.4 Å². The number of benzene rings is 2. The Bertz CT molecular complexity index is 1170. The maximum atomic E-state index is 13.1. The third kappa shape index (κ3) is 4.72. The molecule has 30 heavy (non-hydrogen) atoms. The zero-order valence-electron chi connectivity index (χ0n) is 16.6. The molecule has 0 N–H and O–H groups in total. The number of aromatic nitrogens is 2. The Labute approximate surface area is 179 Å². The minimum atomic E-state index is -0.0933. The zero-order valence-corrected chi connectivity index (χ0v) is 17.4. The Kier molecular flexibility index (Phi) is 6.15. The maximum Gasteiger partial charge on any atom is 0.247 e. The predicted octanol–water partition coefficient (Wildman–Crippen LogP) is 4.94. The molecule has 150 valence electrons. The summed E-state index contributed by atoms with van der Waals surface area (Å²) in [5.41, 5.74) is 3.24. The normalized spacial score (nSPS) is 11.1. The number of ether oxygens (including phenoxy) is 1. The summed E-state index contributed by atoms with van der Waals surface area (Å²) >= 11 is 1.63. The van der Waals surface area contributed by atoms with Crippen molar-refractivity contribution in [2.24, 2.45) is 0 Å². The van der Waals surface area contributed by atoms with Crippen LogP contribution in [0.25, 0.3) is 17.1 Å². The molecule has 0 aliphatic heterocycles. The maximum absolute atomic E-state index is 13.1. The molecule has 2 heterocycles. The van der Waals surface area contributed by atoms with Gasteiger partial charge in [-0.15, -0.1) is 11.3 Å². The van der Waals surface area contributed by atoms with Gasteiger partial charge in [0.1, 0.15) is 5.75 Å². The molecule has 0 bridgehead atoms. The summed E-state index contributed by atoms with van der Waals surface area (Å²) in [6.45, 7) is 0.983. The highest BCUT2D eigenvalue weighted by Crippen LogP contribution is 2.22. The molecule has 0 spiro atoms. The van der Waals surface area contributed by atoms with E-state index in [-0.39, 0.29) is 5.91 Å². The minimum absolute atomic E-state index is 0.0933. The number of carbonyl (C=O) groups is 1. The second kappa shape index (κ2) is 9.33. The number of amides is 1. The van der Waals surface area contributed by atoms with E-state index < -0.39 is 0 Å². The molecule has 0 atom stereocenters. The molecule has 0 aliphatic rings. The number of rotatable bonds is 7. The first-order valence-corrected chi connectivity index (χ1v) is 10.4. The smallest absolute Gasteiger partial charge is 0.247 e. The average Bonchev–Trinajstić information content (AvgIpc) is 3.30. The summed E-state index contributed by atoms with van der Waals surface area (Å²) in [5, 5.41) is 2.02. The number of nitrogens with zero attached hydrogens (tertiary/aromatic N) is 3. The van der Waals surface area contributed by atoms with Crippen molar-refractivity contribution in [3.63, 3.8) is 0 Å². The van der Waals surface area contributed by atoms with E-state index in [9.17, 15) is 4.79 Å². The number of carbonyl (C=O) groups excluding carboxylic acids is 1. The summed E-state index contributed by atoms with van der Waals surface area (Å²) in [5.74, 6) is 0.676. The van der Waals surface area contributed by atoms with Crippen molar-refractivity contribution in [1.82, 2.24) is 14.9 Å². The summed E-state index contributed by atoms with van der Waals surface area (Å²) in [7, 11) is 1.64. The molecule has 2 aromatic heterocycles. The van der Waals surface area contributed by atoms with Crippen LogP contribution in [0.3, 0.4) is 0 Å². The summed E-state index contributed by atoms with van der Waals surface area (Å²) in [6, 6.07) is 19.5. The molecule has 5 nitrogen and oxygen atoms in total. The molecule has 0 unspecified atom stereocenters. The van der Waals surface area contributed by atoms with E-state index >= 15 is 0 Å². The van der Waals surface area contributed by atoms with Gasteiger partial charge in [-0.2, -0.15) is 0 Å². The fourth-order valence-electron chi connectivity index (χ4n) is 3.16. The molecule has 0 saturated carbocycles. The number of fused-ring (bicyclic) bond motifs is 1. The van der Waals surface area contributed by atoms with Crippen molar-refractivity contribution >= 4 is 34.4 Å². The molecule has 0 saturated heterocycles. The first-order chi connectivity index (χ1) is 14.7. The van der Waals surface area contributed by atoms with Gasteiger partial charge in [-0.25, -0.2) is 4.98 Å².